The third kappa shape index (κ3) is 3.41. The Kier molecular flexibility index (Phi) is 4.87. The third-order valence-electron chi connectivity index (χ3n) is 2.27. The fourth-order valence-corrected chi connectivity index (χ4v) is 1.50. The molecule has 0 bridgehead atoms. The number of aromatic nitrogens is 1. The van der Waals surface area contributed by atoms with Gasteiger partial charge in [0.2, 0.25) is 0 Å². The Labute approximate surface area is 100 Å². The summed E-state index contributed by atoms with van der Waals surface area (Å²) in [5.74, 6) is 0. The van der Waals surface area contributed by atoms with Crippen LogP contribution in [0.25, 0.3) is 10.9 Å². The van der Waals surface area contributed by atoms with Gasteiger partial charge in [0.1, 0.15) is 0 Å². The molecule has 4 nitrogen and oxygen atoms in total. The van der Waals surface area contributed by atoms with E-state index in [9.17, 15) is 4.79 Å². The number of aromatic amines is 1. The standard InChI is InChI=1S/C11H12N2O.C2H6O/c1-7(12)9-6-8-4-2-3-5-10(8)13-11(9)14;1-3-2/h2-7H,12H2,1H3,(H,13,14);1-2H3. The van der Waals surface area contributed by atoms with Crippen LogP contribution in [0, 0.1) is 0 Å². The molecule has 0 aliphatic carbocycles. The van der Waals surface area contributed by atoms with Gasteiger partial charge in [0.05, 0.1) is 0 Å². The van der Waals surface area contributed by atoms with Gasteiger partial charge >= 0.3 is 0 Å². The van der Waals surface area contributed by atoms with Crippen molar-refractivity contribution in [3.8, 4) is 0 Å². The van der Waals surface area contributed by atoms with Crippen molar-refractivity contribution in [1.82, 2.24) is 4.98 Å². The Hall–Kier alpha value is -1.65. The molecule has 0 spiro atoms. The summed E-state index contributed by atoms with van der Waals surface area (Å²) in [4.78, 5) is 14.3. The number of ether oxygens (including phenoxy) is 1. The molecule has 92 valence electrons. The van der Waals surface area contributed by atoms with Gasteiger partial charge < -0.3 is 15.5 Å². The van der Waals surface area contributed by atoms with E-state index in [1.807, 2.05) is 30.3 Å². The molecule has 1 unspecified atom stereocenters. The van der Waals surface area contributed by atoms with Crippen molar-refractivity contribution >= 4 is 10.9 Å². The number of fused-ring (bicyclic) bond motifs is 1. The molecule has 1 aromatic carbocycles. The minimum atomic E-state index is -0.233. The maximum atomic E-state index is 11.5. The van der Waals surface area contributed by atoms with Gasteiger partial charge in [-0.25, -0.2) is 0 Å². The molecule has 0 saturated carbocycles. The van der Waals surface area contributed by atoms with Crippen LogP contribution < -0.4 is 11.3 Å². The number of para-hydroxylation sites is 1. The van der Waals surface area contributed by atoms with Crippen molar-refractivity contribution in [1.29, 1.82) is 0 Å². The SMILES string of the molecule is CC(N)c1cc2ccccc2[nH]c1=O.COC. The van der Waals surface area contributed by atoms with Crippen molar-refractivity contribution in [2.24, 2.45) is 5.73 Å². The van der Waals surface area contributed by atoms with Crippen molar-refractivity contribution in [2.45, 2.75) is 13.0 Å². The lowest BCUT2D eigenvalue weighted by Gasteiger charge is -2.05. The number of hydrogen-bond acceptors (Lipinski definition) is 3. The highest BCUT2D eigenvalue weighted by molar-refractivity contribution is 5.78. The lowest BCUT2D eigenvalue weighted by atomic mass is 10.1. The maximum absolute atomic E-state index is 11.5. The number of nitrogens with two attached hydrogens (primary N) is 1. The molecule has 2 rings (SSSR count). The summed E-state index contributed by atoms with van der Waals surface area (Å²) in [6.45, 7) is 1.80. The number of pyridine rings is 1. The van der Waals surface area contributed by atoms with Crippen LogP contribution in [0.1, 0.15) is 18.5 Å². The van der Waals surface area contributed by atoms with E-state index in [1.54, 1.807) is 21.1 Å². The Morgan fingerprint density at radius 1 is 1.29 bits per heavy atom. The van der Waals surface area contributed by atoms with Gasteiger partial charge in [-0.05, 0) is 24.4 Å². The second-order valence-corrected chi connectivity index (χ2v) is 3.84. The predicted molar refractivity (Wildman–Crippen MR) is 70.1 cm³/mol. The topological polar surface area (TPSA) is 68.1 Å². The molecular weight excluding hydrogens is 216 g/mol. The number of rotatable bonds is 1. The smallest absolute Gasteiger partial charge is 0.253 e. The molecule has 0 aliphatic rings. The van der Waals surface area contributed by atoms with Crippen LogP contribution in [0.15, 0.2) is 35.1 Å². The molecule has 17 heavy (non-hydrogen) atoms. The van der Waals surface area contributed by atoms with Gasteiger partial charge in [-0.15, -0.1) is 0 Å². The van der Waals surface area contributed by atoms with Gasteiger partial charge in [-0.2, -0.15) is 0 Å². The lowest BCUT2D eigenvalue weighted by molar-refractivity contribution is 0.277. The highest BCUT2D eigenvalue weighted by Gasteiger charge is 2.05. The lowest BCUT2D eigenvalue weighted by Crippen LogP contribution is -2.19. The summed E-state index contributed by atoms with van der Waals surface area (Å²) in [5.41, 5.74) is 7.06. The van der Waals surface area contributed by atoms with E-state index in [1.165, 1.54) is 0 Å². The highest BCUT2D eigenvalue weighted by Crippen LogP contribution is 2.12. The number of benzene rings is 1. The van der Waals surface area contributed by atoms with E-state index in [0.717, 1.165) is 10.9 Å². The average Bonchev–Trinajstić information content (AvgIpc) is 2.28. The zero-order chi connectivity index (χ0) is 12.8. The third-order valence-corrected chi connectivity index (χ3v) is 2.27. The summed E-state index contributed by atoms with van der Waals surface area (Å²) in [5, 5.41) is 1.01. The van der Waals surface area contributed by atoms with E-state index < -0.39 is 0 Å². The molecule has 1 heterocycles. The van der Waals surface area contributed by atoms with Crippen LogP contribution in [0.4, 0.5) is 0 Å². The van der Waals surface area contributed by atoms with E-state index in [-0.39, 0.29) is 11.6 Å². The van der Waals surface area contributed by atoms with Crippen molar-refractivity contribution in [2.75, 3.05) is 14.2 Å². The maximum Gasteiger partial charge on any atom is 0.253 e. The number of H-pyrrole nitrogens is 1. The first-order valence-electron chi connectivity index (χ1n) is 5.37. The van der Waals surface area contributed by atoms with Gasteiger partial charge in [0.25, 0.3) is 5.56 Å². The quantitative estimate of drug-likeness (QED) is 0.790. The average molecular weight is 234 g/mol. The highest BCUT2D eigenvalue weighted by atomic mass is 16.4. The zero-order valence-electron chi connectivity index (χ0n) is 10.4. The fraction of sp³-hybridized carbons (Fsp3) is 0.308. The first kappa shape index (κ1) is 13.4. The van der Waals surface area contributed by atoms with Crippen LogP contribution in [-0.2, 0) is 4.74 Å². The Bertz CT molecular complexity index is 532. The van der Waals surface area contributed by atoms with Gasteiger partial charge in [-0.1, -0.05) is 18.2 Å². The molecule has 0 amide bonds. The normalized spacial score (nSPS) is 11.8. The van der Waals surface area contributed by atoms with Crippen molar-refractivity contribution < 1.29 is 4.74 Å². The van der Waals surface area contributed by atoms with Crippen molar-refractivity contribution in [3.05, 3.63) is 46.2 Å². The molecular formula is C13H18N2O2. The summed E-state index contributed by atoms with van der Waals surface area (Å²) >= 11 is 0. The molecule has 1 aromatic heterocycles. The molecule has 0 fully saturated rings. The van der Waals surface area contributed by atoms with E-state index in [0.29, 0.717) is 5.56 Å². The van der Waals surface area contributed by atoms with Crippen molar-refractivity contribution in [3.63, 3.8) is 0 Å². The second-order valence-electron chi connectivity index (χ2n) is 3.84. The summed E-state index contributed by atoms with van der Waals surface area (Å²) in [6, 6.07) is 9.27. The Balaban J connectivity index is 0.000000437. The van der Waals surface area contributed by atoms with E-state index in [4.69, 9.17) is 5.73 Å². The monoisotopic (exact) mass is 234 g/mol. The van der Waals surface area contributed by atoms with Crippen LogP contribution in [0.3, 0.4) is 0 Å². The van der Waals surface area contributed by atoms with Crippen LogP contribution in [-0.4, -0.2) is 19.2 Å². The van der Waals surface area contributed by atoms with Crippen LogP contribution >= 0.6 is 0 Å². The molecule has 3 N–H and O–H groups in total. The van der Waals surface area contributed by atoms with Gasteiger partial charge in [0, 0.05) is 31.3 Å². The molecule has 0 aliphatic heterocycles. The summed E-state index contributed by atoms with van der Waals surface area (Å²) in [7, 11) is 3.25. The Morgan fingerprint density at radius 2 is 1.88 bits per heavy atom. The molecule has 2 aromatic rings. The minimum Gasteiger partial charge on any atom is -0.388 e. The Morgan fingerprint density at radius 3 is 2.47 bits per heavy atom. The van der Waals surface area contributed by atoms with Crippen LogP contribution in [0.2, 0.25) is 0 Å². The van der Waals surface area contributed by atoms with Gasteiger partial charge in [0.15, 0.2) is 0 Å². The van der Waals surface area contributed by atoms with E-state index in [2.05, 4.69) is 9.72 Å². The van der Waals surface area contributed by atoms with Gasteiger partial charge in [-0.3, -0.25) is 4.79 Å². The van der Waals surface area contributed by atoms with Crippen LogP contribution in [0.5, 0.6) is 0 Å². The predicted octanol–water partition coefficient (Wildman–Crippen LogP) is 1.81. The first-order valence-corrected chi connectivity index (χ1v) is 5.37. The molecule has 1 atom stereocenters. The second kappa shape index (κ2) is 6.18. The molecule has 0 radical (unpaired) electrons. The summed E-state index contributed by atoms with van der Waals surface area (Å²) < 4.78 is 4.25. The molecule has 4 heteroatoms. The zero-order valence-corrected chi connectivity index (χ0v) is 10.4. The molecule has 0 saturated heterocycles. The van der Waals surface area contributed by atoms with E-state index >= 15 is 0 Å². The first-order chi connectivity index (χ1) is 8.10. The number of methoxy groups -OCH3 is 1. The largest absolute Gasteiger partial charge is 0.388 e. The fourth-order valence-electron chi connectivity index (χ4n) is 1.50. The summed E-state index contributed by atoms with van der Waals surface area (Å²) in [6.07, 6.45) is 0. The number of nitrogens with one attached hydrogen (secondary N) is 1. The number of hydrogen-bond donors (Lipinski definition) is 2. The minimum absolute atomic E-state index is 0.0984.